The number of carbonyl (C=O) groups excluding carboxylic acids is 1. The summed E-state index contributed by atoms with van der Waals surface area (Å²) >= 11 is 0. The maximum Gasteiger partial charge on any atom is 0.231 e. The number of ether oxygens (including phenoxy) is 2. The van der Waals surface area contributed by atoms with Crippen LogP contribution in [0.15, 0.2) is 24.3 Å². The molecule has 0 bridgehead atoms. The fourth-order valence-electron chi connectivity index (χ4n) is 2.36. The van der Waals surface area contributed by atoms with Crippen molar-refractivity contribution in [2.75, 3.05) is 38.7 Å². The van der Waals surface area contributed by atoms with Gasteiger partial charge in [0.05, 0.1) is 25.2 Å². The number of nitrogens with one attached hydrogen (secondary N) is 2. The Morgan fingerprint density at radius 3 is 3.00 bits per heavy atom. The molecular formula is C16H24N2O3. The predicted octanol–water partition coefficient (Wildman–Crippen LogP) is 1.79. The molecule has 0 radical (unpaired) electrons. The van der Waals surface area contributed by atoms with Crippen LogP contribution in [0.4, 0.5) is 5.69 Å². The smallest absolute Gasteiger partial charge is 0.231 e. The van der Waals surface area contributed by atoms with Crippen molar-refractivity contribution < 1.29 is 14.3 Å². The van der Waals surface area contributed by atoms with Crippen molar-refractivity contribution >= 4 is 11.6 Å². The molecule has 1 aliphatic rings. The molecule has 2 N–H and O–H groups in total. The lowest BCUT2D eigenvalue weighted by molar-refractivity contribution is -0.123. The standard InChI is InChI=1S/C16H24N2O3/c1-16(6-7-17-12-16)15(19)18-14-5-3-4-13(10-14)11-21-9-8-20-2/h3-5,10,17H,6-9,11-12H2,1-2H3,(H,18,19). The van der Waals surface area contributed by atoms with Crippen LogP contribution in [0.5, 0.6) is 0 Å². The molecule has 116 valence electrons. The second-order valence-electron chi connectivity index (χ2n) is 5.69. The molecule has 5 heteroatoms. The first-order chi connectivity index (χ1) is 10.1. The van der Waals surface area contributed by atoms with Gasteiger partial charge in [0.2, 0.25) is 5.91 Å². The molecule has 0 saturated carbocycles. The molecule has 0 aliphatic carbocycles. The molecule has 2 rings (SSSR count). The third-order valence-corrected chi connectivity index (χ3v) is 3.80. The van der Waals surface area contributed by atoms with Gasteiger partial charge in [-0.1, -0.05) is 12.1 Å². The Bertz CT molecular complexity index is 470. The summed E-state index contributed by atoms with van der Waals surface area (Å²) in [6, 6.07) is 7.78. The van der Waals surface area contributed by atoms with Crippen LogP contribution in [0.2, 0.25) is 0 Å². The van der Waals surface area contributed by atoms with Crippen molar-refractivity contribution in [3.05, 3.63) is 29.8 Å². The van der Waals surface area contributed by atoms with Gasteiger partial charge in [0.15, 0.2) is 0 Å². The van der Waals surface area contributed by atoms with E-state index in [1.807, 2.05) is 31.2 Å². The number of anilines is 1. The number of amides is 1. The molecule has 5 nitrogen and oxygen atoms in total. The molecule has 1 aromatic carbocycles. The first kappa shape index (κ1) is 15.9. The number of methoxy groups -OCH3 is 1. The van der Waals surface area contributed by atoms with E-state index in [-0.39, 0.29) is 11.3 Å². The third-order valence-electron chi connectivity index (χ3n) is 3.80. The molecule has 1 saturated heterocycles. The molecule has 1 atom stereocenters. The second kappa shape index (κ2) is 7.54. The van der Waals surface area contributed by atoms with Gasteiger partial charge in [-0.15, -0.1) is 0 Å². The quantitative estimate of drug-likeness (QED) is 0.752. The summed E-state index contributed by atoms with van der Waals surface area (Å²) in [4.78, 5) is 12.3. The van der Waals surface area contributed by atoms with E-state index >= 15 is 0 Å². The first-order valence-corrected chi connectivity index (χ1v) is 7.32. The Labute approximate surface area is 126 Å². The van der Waals surface area contributed by atoms with Gasteiger partial charge in [-0.25, -0.2) is 0 Å². The number of rotatable bonds is 7. The van der Waals surface area contributed by atoms with Crippen LogP contribution in [0, 0.1) is 5.41 Å². The van der Waals surface area contributed by atoms with Gasteiger partial charge in [0, 0.05) is 19.3 Å². The summed E-state index contributed by atoms with van der Waals surface area (Å²) in [6.07, 6.45) is 0.874. The summed E-state index contributed by atoms with van der Waals surface area (Å²) in [5.41, 5.74) is 1.55. The fraction of sp³-hybridized carbons (Fsp3) is 0.562. The minimum atomic E-state index is -0.315. The van der Waals surface area contributed by atoms with E-state index in [1.165, 1.54) is 0 Å². The van der Waals surface area contributed by atoms with Crippen molar-refractivity contribution in [3.63, 3.8) is 0 Å². The summed E-state index contributed by atoms with van der Waals surface area (Å²) < 4.78 is 10.4. The first-order valence-electron chi connectivity index (χ1n) is 7.32. The van der Waals surface area contributed by atoms with Gasteiger partial charge < -0.3 is 20.1 Å². The SMILES string of the molecule is COCCOCc1cccc(NC(=O)C2(C)CCNC2)c1. The molecule has 21 heavy (non-hydrogen) atoms. The highest BCUT2D eigenvalue weighted by molar-refractivity contribution is 5.95. The summed E-state index contributed by atoms with van der Waals surface area (Å²) in [5, 5.41) is 6.25. The lowest BCUT2D eigenvalue weighted by Crippen LogP contribution is -2.35. The van der Waals surface area contributed by atoms with E-state index < -0.39 is 0 Å². The average Bonchev–Trinajstić information content (AvgIpc) is 2.92. The van der Waals surface area contributed by atoms with Crippen molar-refractivity contribution in [2.45, 2.75) is 20.0 Å². The maximum atomic E-state index is 12.3. The molecule has 0 aromatic heterocycles. The van der Waals surface area contributed by atoms with Crippen LogP contribution in [0.3, 0.4) is 0 Å². The molecular weight excluding hydrogens is 268 g/mol. The van der Waals surface area contributed by atoms with Gasteiger partial charge in [-0.3, -0.25) is 4.79 Å². The monoisotopic (exact) mass is 292 g/mol. The van der Waals surface area contributed by atoms with Crippen molar-refractivity contribution in [3.8, 4) is 0 Å². The van der Waals surface area contributed by atoms with E-state index in [1.54, 1.807) is 7.11 Å². The zero-order chi connectivity index (χ0) is 15.1. The van der Waals surface area contributed by atoms with Gasteiger partial charge in [-0.05, 0) is 37.6 Å². The number of hydrogen-bond acceptors (Lipinski definition) is 4. The van der Waals surface area contributed by atoms with Crippen molar-refractivity contribution in [1.29, 1.82) is 0 Å². The normalized spacial score (nSPS) is 21.4. The van der Waals surface area contributed by atoms with Crippen LogP contribution in [-0.2, 0) is 20.9 Å². The van der Waals surface area contributed by atoms with E-state index in [9.17, 15) is 4.79 Å². The van der Waals surface area contributed by atoms with Gasteiger partial charge in [0.25, 0.3) is 0 Å². The molecule has 1 unspecified atom stereocenters. The predicted molar refractivity (Wildman–Crippen MR) is 82.2 cm³/mol. The average molecular weight is 292 g/mol. The Hall–Kier alpha value is -1.43. The lowest BCUT2D eigenvalue weighted by Gasteiger charge is -2.21. The minimum absolute atomic E-state index is 0.0740. The Morgan fingerprint density at radius 1 is 1.43 bits per heavy atom. The van der Waals surface area contributed by atoms with Gasteiger partial charge >= 0.3 is 0 Å². The van der Waals surface area contributed by atoms with Crippen molar-refractivity contribution in [2.24, 2.45) is 5.41 Å². The molecule has 1 aromatic rings. The Kier molecular flexibility index (Phi) is 5.73. The molecule has 1 fully saturated rings. The fourth-order valence-corrected chi connectivity index (χ4v) is 2.36. The molecule has 1 heterocycles. The Morgan fingerprint density at radius 2 is 2.29 bits per heavy atom. The molecule has 0 spiro atoms. The van der Waals surface area contributed by atoms with Crippen LogP contribution >= 0.6 is 0 Å². The molecule has 1 aliphatic heterocycles. The van der Waals surface area contributed by atoms with Crippen LogP contribution in [-0.4, -0.2) is 39.3 Å². The topological polar surface area (TPSA) is 59.6 Å². The number of benzene rings is 1. The summed E-state index contributed by atoms with van der Waals surface area (Å²) in [6.45, 7) is 5.31. The van der Waals surface area contributed by atoms with Crippen LogP contribution in [0.1, 0.15) is 18.9 Å². The second-order valence-corrected chi connectivity index (χ2v) is 5.69. The van der Waals surface area contributed by atoms with E-state index in [0.29, 0.717) is 19.8 Å². The summed E-state index contributed by atoms with van der Waals surface area (Å²) in [7, 11) is 1.65. The lowest BCUT2D eigenvalue weighted by atomic mass is 9.88. The van der Waals surface area contributed by atoms with Crippen LogP contribution < -0.4 is 10.6 Å². The highest BCUT2D eigenvalue weighted by Crippen LogP contribution is 2.26. The Balaban J connectivity index is 1.90. The summed E-state index contributed by atoms with van der Waals surface area (Å²) in [5.74, 6) is 0.0740. The zero-order valence-electron chi connectivity index (χ0n) is 12.8. The number of hydrogen-bond donors (Lipinski definition) is 2. The minimum Gasteiger partial charge on any atom is -0.382 e. The largest absolute Gasteiger partial charge is 0.382 e. The highest BCUT2D eigenvalue weighted by Gasteiger charge is 2.36. The third kappa shape index (κ3) is 4.52. The zero-order valence-corrected chi connectivity index (χ0v) is 12.8. The van der Waals surface area contributed by atoms with Crippen LogP contribution in [0.25, 0.3) is 0 Å². The van der Waals surface area contributed by atoms with E-state index in [0.717, 1.165) is 30.8 Å². The van der Waals surface area contributed by atoms with Crippen molar-refractivity contribution in [1.82, 2.24) is 5.32 Å². The van der Waals surface area contributed by atoms with Gasteiger partial charge in [-0.2, -0.15) is 0 Å². The van der Waals surface area contributed by atoms with E-state index in [2.05, 4.69) is 10.6 Å². The van der Waals surface area contributed by atoms with E-state index in [4.69, 9.17) is 9.47 Å². The van der Waals surface area contributed by atoms with Gasteiger partial charge in [0.1, 0.15) is 0 Å². The highest BCUT2D eigenvalue weighted by atomic mass is 16.5. The maximum absolute atomic E-state index is 12.3. The molecule has 1 amide bonds. The number of carbonyl (C=O) groups is 1.